The first kappa shape index (κ1) is 13.0. The topological polar surface area (TPSA) is 69.7 Å². The predicted molar refractivity (Wildman–Crippen MR) is 64.3 cm³/mol. The Bertz CT molecular complexity index is 383. The summed E-state index contributed by atoms with van der Waals surface area (Å²) in [5.74, 6) is -0.284. The Morgan fingerprint density at radius 2 is 2.06 bits per heavy atom. The molecular formula is C12H19N3O3. The molecule has 0 bridgehead atoms. The van der Waals surface area contributed by atoms with E-state index in [0.717, 1.165) is 6.42 Å². The fraction of sp³-hybridized carbons (Fsp3) is 0.750. The second kappa shape index (κ2) is 5.06. The maximum Gasteiger partial charge on any atom is 0.258 e. The fourth-order valence-corrected chi connectivity index (χ4v) is 2.67. The van der Waals surface area contributed by atoms with Crippen LogP contribution < -0.4 is 5.32 Å². The summed E-state index contributed by atoms with van der Waals surface area (Å²) in [6, 6.07) is -0.858. The lowest BCUT2D eigenvalue weighted by Gasteiger charge is -2.42. The molecule has 2 fully saturated rings. The van der Waals surface area contributed by atoms with Gasteiger partial charge in [-0.25, -0.2) is 5.01 Å². The molecule has 2 aliphatic rings. The first-order valence-electron chi connectivity index (χ1n) is 6.37. The molecule has 100 valence electrons. The molecule has 0 aromatic rings. The Balaban J connectivity index is 2.34. The zero-order valence-electron chi connectivity index (χ0n) is 10.8. The van der Waals surface area contributed by atoms with Crippen molar-refractivity contribution >= 4 is 17.6 Å². The monoisotopic (exact) mass is 253 g/mol. The minimum Gasteiger partial charge on any atom is -0.309 e. The van der Waals surface area contributed by atoms with E-state index in [1.54, 1.807) is 7.05 Å². The van der Waals surface area contributed by atoms with Crippen LogP contribution in [0.25, 0.3) is 0 Å². The number of carbonyl (C=O) groups excluding carboxylic acids is 3. The summed E-state index contributed by atoms with van der Waals surface area (Å²) in [7, 11) is 1.70. The second-order valence-electron chi connectivity index (χ2n) is 4.85. The van der Waals surface area contributed by atoms with Gasteiger partial charge in [0.1, 0.15) is 6.04 Å². The summed E-state index contributed by atoms with van der Waals surface area (Å²) >= 11 is 0. The van der Waals surface area contributed by atoms with Crippen LogP contribution >= 0.6 is 0 Å². The van der Waals surface area contributed by atoms with E-state index in [1.165, 1.54) is 16.9 Å². The van der Waals surface area contributed by atoms with Crippen molar-refractivity contribution in [3.8, 4) is 0 Å². The molecule has 0 radical (unpaired) electrons. The van der Waals surface area contributed by atoms with E-state index < -0.39 is 6.04 Å². The highest BCUT2D eigenvalue weighted by Crippen LogP contribution is 2.24. The van der Waals surface area contributed by atoms with Gasteiger partial charge in [0.05, 0.1) is 6.04 Å². The van der Waals surface area contributed by atoms with Gasteiger partial charge in [-0.1, -0.05) is 0 Å². The molecule has 2 amide bonds. The molecule has 0 aromatic heterocycles. The quantitative estimate of drug-likeness (QED) is 0.733. The summed E-state index contributed by atoms with van der Waals surface area (Å²) < 4.78 is 0. The number of likely N-dealkylation sites (N-methyl/N-ethyl adjacent to an activating group) is 1. The van der Waals surface area contributed by atoms with Gasteiger partial charge in [-0.15, -0.1) is 0 Å². The first-order chi connectivity index (χ1) is 8.56. The summed E-state index contributed by atoms with van der Waals surface area (Å²) in [5.41, 5.74) is 0. The Morgan fingerprint density at radius 3 is 2.67 bits per heavy atom. The SMILES string of the molecule is CNC1CCC(=O)N2CCCC(C(C)=O)N2C1=O. The predicted octanol–water partition coefficient (Wildman–Crippen LogP) is -0.308. The molecule has 2 unspecified atom stereocenters. The van der Waals surface area contributed by atoms with Crippen LogP contribution in [0.1, 0.15) is 32.6 Å². The van der Waals surface area contributed by atoms with Crippen LogP contribution in [0, 0.1) is 0 Å². The number of nitrogens with zero attached hydrogens (tertiary/aromatic N) is 2. The zero-order valence-corrected chi connectivity index (χ0v) is 10.8. The summed E-state index contributed by atoms with van der Waals surface area (Å²) in [5, 5.41) is 5.78. The average Bonchev–Trinajstić information content (AvgIpc) is 2.48. The van der Waals surface area contributed by atoms with Crippen LogP contribution in [-0.2, 0) is 14.4 Å². The number of hydrogen-bond donors (Lipinski definition) is 1. The van der Waals surface area contributed by atoms with E-state index in [4.69, 9.17) is 0 Å². The third-order valence-corrected chi connectivity index (χ3v) is 3.68. The third-order valence-electron chi connectivity index (χ3n) is 3.68. The van der Waals surface area contributed by atoms with Crippen molar-refractivity contribution in [3.63, 3.8) is 0 Å². The Kier molecular flexibility index (Phi) is 3.65. The van der Waals surface area contributed by atoms with Gasteiger partial charge in [0, 0.05) is 13.0 Å². The summed E-state index contributed by atoms with van der Waals surface area (Å²) in [4.78, 5) is 36.1. The molecule has 18 heavy (non-hydrogen) atoms. The summed E-state index contributed by atoms with van der Waals surface area (Å²) in [6.45, 7) is 2.01. The summed E-state index contributed by atoms with van der Waals surface area (Å²) in [6.07, 6.45) is 2.25. The van der Waals surface area contributed by atoms with E-state index >= 15 is 0 Å². The molecule has 0 aromatic carbocycles. The molecule has 6 heteroatoms. The maximum absolute atomic E-state index is 12.4. The number of ketones is 1. The van der Waals surface area contributed by atoms with Crippen LogP contribution in [-0.4, -0.2) is 53.3 Å². The van der Waals surface area contributed by atoms with Crippen molar-refractivity contribution in [1.29, 1.82) is 0 Å². The molecule has 0 saturated carbocycles. The van der Waals surface area contributed by atoms with Crippen LogP contribution in [0.2, 0.25) is 0 Å². The molecule has 1 N–H and O–H groups in total. The molecule has 0 spiro atoms. The number of fused-ring (bicyclic) bond motifs is 1. The lowest BCUT2D eigenvalue weighted by Crippen LogP contribution is -2.61. The van der Waals surface area contributed by atoms with E-state index in [1.807, 2.05) is 0 Å². The Labute approximate surface area is 106 Å². The number of hydrogen-bond acceptors (Lipinski definition) is 4. The van der Waals surface area contributed by atoms with Crippen molar-refractivity contribution in [1.82, 2.24) is 15.3 Å². The van der Waals surface area contributed by atoms with E-state index in [2.05, 4.69) is 5.32 Å². The second-order valence-corrected chi connectivity index (χ2v) is 4.85. The number of hydrazine groups is 1. The van der Waals surface area contributed by atoms with Gasteiger partial charge in [0.25, 0.3) is 5.91 Å². The van der Waals surface area contributed by atoms with Crippen LogP contribution in [0.15, 0.2) is 0 Å². The molecule has 2 saturated heterocycles. The molecule has 2 heterocycles. The first-order valence-corrected chi connectivity index (χ1v) is 6.37. The van der Waals surface area contributed by atoms with Crippen molar-refractivity contribution in [2.45, 2.75) is 44.7 Å². The number of Topliss-reactive ketones (excluding diaryl/α,β-unsaturated/α-hetero) is 1. The Morgan fingerprint density at radius 1 is 1.33 bits per heavy atom. The highest BCUT2D eigenvalue weighted by Gasteiger charge is 2.42. The minimum atomic E-state index is -0.482. The number of nitrogens with one attached hydrogen (secondary N) is 1. The molecule has 2 rings (SSSR count). The van der Waals surface area contributed by atoms with Crippen molar-refractivity contribution < 1.29 is 14.4 Å². The maximum atomic E-state index is 12.4. The lowest BCUT2D eigenvalue weighted by molar-refractivity contribution is -0.175. The van der Waals surface area contributed by atoms with Crippen LogP contribution in [0.4, 0.5) is 0 Å². The smallest absolute Gasteiger partial charge is 0.258 e. The largest absolute Gasteiger partial charge is 0.309 e. The van der Waals surface area contributed by atoms with E-state index in [-0.39, 0.29) is 23.6 Å². The van der Waals surface area contributed by atoms with Gasteiger partial charge in [-0.2, -0.15) is 0 Å². The van der Waals surface area contributed by atoms with Gasteiger partial charge < -0.3 is 5.32 Å². The number of carbonyl (C=O) groups is 3. The minimum absolute atomic E-state index is 0.0578. The normalized spacial score (nSPS) is 29.0. The van der Waals surface area contributed by atoms with E-state index in [0.29, 0.717) is 25.8 Å². The van der Waals surface area contributed by atoms with Gasteiger partial charge in [-0.3, -0.25) is 19.4 Å². The highest BCUT2D eigenvalue weighted by atomic mass is 16.2. The molecular weight excluding hydrogens is 234 g/mol. The zero-order chi connectivity index (χ0) is 13.3. The van der Waals surface area contributed by atoms with Crippen molar-refractivity contribution in [3.05, 3.63) is 0 Å². The van der Waals surface area contributed by atoms with Gasteiger partial charge in [0.2, 0.25) is 5.91 Å². The third kappa shape index (κ3) is 2.12. The van der Waals surface area contributed by atoms with E-state index in [9.17, 15) is 14.4 Å². The number of amides is 2. The van der Waals surface area contributed by atoms with Crippen LogP contribution in [0.5, 0.6) is 0 Å². The molecule has 6 nitrogen and oxygen atoms in total. The standard InChI is InChI=1S/C12H19N3O3/c1-8(16)10-4-3-7-14-11(17)6-5-9(13-2)12(18)15(10)14/h9-10,13H,3-7H2,1-2H3. The van der Waals surface area contributed by atoms with Crippen molar-refractivity contribution in [2.24, 2.45) is 0 Å². The molecule has 2 atom stereocenters. The highest BCUT2D eigenvalue weighted by molar-refractivity contribution is 5.93. The number of rotatable bonds is 2. The van der Waals surface area contributed by atoms with Gasteiger partial charge in [0.15, 0.2) is 5.78 Å². The average molecular weight is 253 g/mol. The van der Waals surface area contributed by atoms with Gasteiger partial charge >= 0.3 is 0 Å². The van der Waals surface area contributed by atoms with Gasteiger partial charge in [-0.05, 0) is 33.2 Å². The molecule has 2 aliphatic heterocycles. The van der Waals surface area contributed by atoms with Crippen LogP contribution in [0.3, 0.4) is 0 Å². The Hall–Kier alpha value is -1.43. The van der Waals surface area contributed by atoms with Crippen molar-refractivity contribution in [2.75, 3.05) is 13.6 Å². The fourth-order valence-electron chi connectivity index (χ4n) is 2.67. The lowest BCUT2D eigenvalue weighted by atomic mass is 10.0. The molecule has 0 aliphatic carbocycles.